The third-order valence-electron chi connectivity index (χ3n) is 8.02. The molecule has 4 heterocycles. The average Bonchev–Trinajstić information content (AvgIpc) is 3.41. The topological polar surface area (TPSA) is 133 Å². The van der Waals surface area contributed by atoms with Gasteiger partial charge in [-0.05, 0) is 44.5 Å². The SMILES string of the molecule is CCN(CC)[C@@H]1CCN(c2ncnc3c2c2ccc(S(=O)(=O)NC4(C#N)CC4)cc2n3-c2nnc(C(F)F)s2)CC1(F)F. The van der Waals surface area contributed by atoms with E-state index in [-0.39, 0.29) is 40.0 Å². The minimum atomic E-state index is -4.16. The van der Waals surface area contributed by atoms with Gasteiger partial charge >= 0.3 is 0 Å². The largest absolute Gasteiger partial charge is 0.350 e. The van der Waals surface area contributed by atoms with E-state index in [0.29, 0.717) is 48.0 Å². The summed E-state index contributed by atoms with van der Waals surface area (Å²) in [5.41, 5.74) is -0.778. The molecule has 0 spiro atoms. The van der Waals surface area contributed by atoms with Crippen LogP contribution in [-0.2, 0) is 10.0 Å². The molecule has 0 radical (unpaired) electrons. The maximum absolute atomic E-state index is 15.5. The summed E-state index contributed by atoms with van der Waals surface area (Å²) in [6, 6.07) is 5.20. The molecule has 17 heteroatoms. The van der Waals surface area contributed by atoms with Crippen molar-refractivity contribution in [2.45, 2.75) is 61.9 Å². The van der Waals surface area contributed by atoms with Gasteiger partial charge in [-0.1, -0.05) is 31.3 Å². The highest BCUT2D eigenvalue weighted by atomic mass is 32.2. The molecule has 228 valence electrons. The second-order valence-corrected chi connectivity index (χ2v) is 13.3. The van der Waals surface area contributed by atoms with E-state index in [2.05, 4.69) is 24.9 Å². The van der Waals surface area contributed by atoms with Crippen LogP contribution in [0, 0.1) is 11.3 Å². The highest BCUT2D eigenvalue weighted by molar-refractivity contribution is 7.89. The molecule has 1 saturated heterocycles. The minimum Gasteiger partial charge on any atom is -0.350 e. The van der Waals surface area contributed by atoms with Crippen LogP contribution in [0.4, 0.5) is 23.4 Å². The lowest BCUT2D eigenvalue weighted by Crippen LogP contribution is -2.58. The number of hydrogen-bond donors (Lipinski definition) is 1. The highest BCUT2D eigenvalue weighted by Gasteiger charge is 2.48. The van der Waals surface area contributed by atoms with Crippen molar-refractivity contribution < 1.29 is 26.0 Å². The maximum Gasteiger partial charge on any atom is 0.291 e. The number of alkyl halides is 4. The van der Waals surface area contributed by atoms with Gasteiger partial charge in [-0.3, -0.25) is 9.47 Å². The predicted octanol–water partition coefficient (Wildman–Crippen LogP) is 4.25. The third kappa shape index (κ3) is 5.09. The third-order valence-corrected chi connectivity index (χ3v) is 10.5. The Labute approximate surface area is 248 Å². The molecular formula is C26H27F4N9O2S2. The quantitative estimate of drug-likeness (QED) is 0.268. The van der Waals surface area contributed by atoms with Crippen LogP contribution in [0.2, 0.25) is 0 Å². The van der Waals surface area contributed by atoms with Crippen molar-refractivity contribution in [2.75, 3.05) is 31.1 Å². The summed E-state index contributed by atoms with van der Waals surface area (Å²) in [7, 11) is -4.16. The lowest BCUT2D eigenvalue weighted by molar-refractivity contribution is -0.0858. The second kappa shape index (κ2) is 10.6. The number of fused-ring (bicyclic) bond motifs is 3. The summed E-state index contributed by atoms with van der Waals surface area (Å²) in [5.74, 6) is -2.85. The van der Waals surface area contributed by atoms with Crippen molar-refractivity contribution in [1.82, 2.24) is 34.4 Å². The second-order valence-electron chi connectivity index (χ2n) is 10.6. The van der Waals surface area contributed by atoms with Crippen LogP contribution in [0.3, 0.4) is 0 Å². The first kappa shape index (κ1) is 29.6. The van der Waals surface area contributed by atoms with E-state index in [1.54, 1.807) is 4.90 Å². The van der Waals surface area contributed by atoms with E-state index in [0.717, 1.165) is 0 Å². The minimum absolute atomic E-state index is 0.0104. The van der Waals surface area contributed by atoms with Crippen LogP contribution >= 0.6 is 11.3 Å². The van der Waals surface area contributed by atoms with E-state index in [1.165, 1.54) is 34.0 Å². The van der Waals surface area contributed by atoms with Crippen LogP contribution in [0.1, 0.15) is 44.5 Å². The highest BCUT2D eigenvalue weighted by Crippen LogP contribution is 2.41. The van der Waals surface area contributed by atoms with Gasteiger partial charge in [-0.15, -0.1) is 10.2 Å². The zero-order valence-corrected chi connectivity index (χ0v) is 24.8. The van der Waals surface area contributed by atoms with E-state index in [4.69, 9.17) is 0 Å². The number of halogens is 4. The number of nitrogens with one attached hydrogen (secondary N) is 1. The molecule has 3 aromatic heterocycles. The Balaban J connectivity index is 1.52. The van der Waals surface area contributed by atoms with Crippen molar-refractivity contribution in [3.8, 4) is 11.2 Å². The molecule has 11 nitrogen and oxygen atoms in total. The Bertz CT molecular complexity index is 1850. The number of anilines is 1. The molecular weight excluding hydrogens is 610 g/mol. The first-order valence-electron chi connectivity index (χ1n) is 13.7. The normalized spacial score (nSPS) is 19.9. The van der Waals surface area contributed by atoms with Crippen LogP contribution < -0.4 is 9.62 Å². The number of nitriles is 1. The Morgan fingerprint density at radius 2 is 1.95 bits per heavy atom. The zero-order valence-electron chi connectivity index (χ0n) is 23.1. The molecule has 1 aliphatic carbocycles. The molecule has 1 saturated carbocycles. The fraction of sp³-hybridized carbons (Fsp3) is 0.500. The van der Waals surface area contributed by atoms with E-state index >= 15 is 8.78 Å². The number of rotatable bonds is 9. The van der Waals surface area contributed by atoms with Crippen LogP contribution in [-0.4, -0.2) is 81.7 Å². The number of hydrogen-bond acceptors (Lipinski definition) is 10. The van der Waals surface area contributed by atoms with Crippen LogP contribution in [0.25, 0.3) is 27.1 Å². The first-order valence-corrected chi connectivity index (χ1v) is 16.0. The van der Waals surface area contributed by atoms with Gasteiger partial charge in [0.1, 0.15) is 17.7 Å². The van der Waals surface area contributed by atoms with Crippen molar-refractivity contribution in [3.05, 3.63) is 29.5 Å². The molecule has 0 amide bonds. The molecule has 2 fully saturated rings. The van der Waals surface area contributed by atoms with Gasteiger partial charge in [0.25, 0.3) is 12.3 Å². The Kier molecular flexibility index (Phi) is 7.31. The summed E-state index contributed by atoms with van der Waals surface area (Å²) in [6.45, 7) is 4.33. The van der Waals surface area contributed by atoms with Crippen molar-refractivity contribution in [3.63, 3.8) is 0 Å². The number of aromatic nitrogens is 5. The van der Waals surface area contributed by atoms with E-state index in [9.17, 15) is 22.5 Å². The zero-order chi connectivity index (χ0) is 30.7. The molecule has 6 rings (SSSR count). The monoisotopic (exact) mass is 637 g/mol. The summed E-state index contributed by atoms with van der Waals surface area (Å²) in [5, 5.41) is 17.1. The molecule has 2 aliphatic rings. The Hall–Kier alpha value is -3.46. The molecule has 0 bridgehead atoms. The first-order chi connectivity index (χ1) is 20.4. The Morgan fingerprint density at radius 1 is 1.21 bits per heavy atom. The summed E-state index contributed by atoms with van der Waals surface area (Å²) in [4.78, 5) is 11.8. The molecule has 1 atom stereocenters. The van der Waals surface area contributed by atoms with Crippen molar-refractivity contribution in [1.29, 1.82) is 5.26 Å². The average molecular weight is 638 g/mol. The maximum atomic E-state index is 15.5. The Morgan fingerprint density at radius 3 is 2.56 bits per heavy atom. The smallest absolute Gasteiger partial charge is 0.291 e. The van der Waals surface area contributed by atoms with Gasteiger partial charge in [-0.25, -0.2) is 35.9 Å². The van der Waals surface area contributed by atoms with E-state index < -0.39 is 45.5 Å². The number of sulfonamides is 1. The van der Waals surface area contributed by atoms with Gasteiger partial charge in [-0.2, -0.15) is 9.98 Å². The number of piperidine rings is 1. The lowest BCUT2D eigenvalue weighted by Gasteiger charge is -2.43. The number of benzene rings is 1. The van der Waals surface area contributed by atoms with Crippen LogP contribution in [0.5, 0.6) is 0 Å². The number of nitrogens with zero attached hydrogens (tertiary/aromatic N) is 8. The molecule has 1 N–H and O–H groups in total. The fourth-order valence-electron chi connectivity index (χ4n) is 5.71. The van der Waals surface area contributed by atoms with Gasteiger partial charge < -0.3 is 4.90 Å². The lowest BCUT2D eigenvalue weighted by atomic mass is 9.98. The van der Waals surface area contributed by atoms with Crippen molar-refractivity contribution >= 4 is 49.1 Å². The summed E-state index contributed by atoms with van der Waals surface area (Å²) < 4.78 is 88.3. The van der Waals surface area contributed by atoms with Gasteiger partial charge in [0, 0.05) is 11.9 Å². The van der Waals surface area contributed by atoms with Gasteiger partial charge in [0.15, 0.2) is 10.7 Å². The summed E-state index contributed by atoms with van der Waals surface area (Å²) >= 11 is 0.598. The van der Waals surface area contributed by atoms with E-state index in [1.807, 2.05) is 19.9 Å². The summed E-state index contributed by atoms with van der Waals surface area (Å²) in [6.07, 6.45) is -0.761. The van der Waals surface area contributed by atoms with Gasteiger partial charge in [0.2, 0.25) is 15.2 Å². The molecule has 4 aromatic rings. The standard InChI is InChI=1S/C26H27F4N9O2S2/c1-3-37(4-2)18-7-10-38(13-26(18,29)30)21-19-16-6-5-15(43(40,41)36-25(12-31)8-9-25)11-17(16)39(22(19)33-14-32-21)24-35-34-23(42-24)20(27)28/h5-6,11,14,18,20,36H,3-4,7-10,13H2,1-2H3/t18-/m1/s1. The molecule has 43 heavy (non-hydrogen) atoms. The molecule has 1 aromatic carbocycles. The van der Waals surface area contributed by atoms with Crippen molar-refractivity contribution in [2.24, 2.45) is 0 Å². The molecule has 1 aliphatic heterocycles. The fourth-order valence-corrected chi connectivity index (χ4v) is 7.82. The predicted molar refractivity (Wildman–Crippen MR) is 151 cm³/mol. The van der Waals surface area contributed by atoms with Crippen LogP contribution in [0.15, 0.2) is 29.4 Å². The van der Waals surface area contributed by atoms with Gasteiger partial charge in [0.05, 0.1) is 34.5 Å². The molecule has 0 unspecified atom stereocenters.